The highest BCUT2D eigenvalue weighted by Crippen LogP contribution is 2.29. The van der Waals surface area contributed by atoms with Crippen molar-refractivity contribution in [3.8, 4) is 11.5 Å². The van der Waals surface area contributed by atoms with Gasteiger partial charge in [-0.1, -0.05) is 12.5 Å². The van der Waals surface area contributed by atoms with E-state index in [0.717, 1.165) is 37.7 Å². The van der Waals surface area contributed by atoms with Crippen molar-refractivity contribution in [2.45, 2.75) is 38.1 Å². The molecule has 2 fully saturated rings. The van der Waals surface area contributed by atoms with Crippen LogP contribution in [0, 0.1) is 0 Å². The van der Waals surface area contributed by atoms with E-state index in [0.29, 0.717) is 32.1 Å². The van der Waals surface area contributed by atoms with Crippen LogP contribution in [-0.2, 0) is 17.6 Å². The lowest BCUT2D eigenvalue weighted by molar-refractivity contribution is 0.0294. The Morgan fingerprint density at radius 3 is 2.40 bits per heavy atom. The van der Waals surface area contributed by atoms with Gasteiger partial charge in [-0.05, 0) is 48.9 Å². The number of hydrogen-bond acceptors (Lipinski definition) is 6. The van der Waals surface area contributed by atoms with E-state index in [1.165, 1.54) is 30.4 Å². The SMILES string of the molecule is O=C(c1ncc(Oc2ccc3c(c2)CCN(C2CCC2)CC3)cn1)N1CCOCC1. The number of aromatic nitrogens is 2. The number of nitrogens with zero attached hydrogens (tertiary/aromatic N) is 4. The molecule has 0 atom stereocenters. The van der Waals surface area contributed by atoms with Crippen molar-refractivity contribution < 1.29 is 14.3 Å². The molecule has 3 heterocycles. The second-order valence-corrected chi connectivity index (χ2v) is 8.30. The molecule has 1 aromatic carbocycles. The van der Waals surface area contributed by atoms with Crippen LogP contribution in [0.2, 0.25) is 0 Å². The number of rotatable bonds is 4. The Balaban J connectivity index is 1.23. The van der Waals surface area contributed by atoms with E-state index in [1.807, 2.05) is 6.07 Å². The number of hydrogen-bond donors (Lipinski definition) is 0. The summed E-state index contributed by atoms with van der Waals surface area (Å²) in [5.41, 5.74) is 2.79. The van der Waals surface area contributed by atoms with Crippen LogP contribution in [0.3, 0.4) is 0 Å². The molecule has 0 N–H and O–H groups in total. The van der Waals surface area contributed by atoms with E-state index < -0.39 is 0 Å². The summed E-state index contributed by atoms with van der Waals surface area (Å²) in [6, 6.07) is 7.15. The van der Waals surface area contributed by atoms with Gasteiger partial charge in [0.05, 0.1) is 25.6 Å². The van der Waals surface area contributed by atoms with Gasteiger partial charge in [-0.2, -0.15) is 0 Å². The summed E-state index contributed by atoms with van der Waals surface area (Å²) < 4.78 is 11.3. The minimum atomic E-state index is -0.161. The summed E-state index contributed by atoms with van der Waals surface area (Å²) in [6.07, 6.45) is 9.41. The Morgan fingerprint density at radius 1 is 0.967 bits per heavy atom. The maximum absolute atomic E-state index is 12.5. The van der Waals surface area contributed by atoms with Crippen molar-refractivity contribution in [3.63, 3.8) is 0 Å². The van der Waals surface area contributed by atoms with Gasteiger partial charge in [-0.3, -0.25) is 9.69 Å². The predicted molar refractivity (Wildman–Crippen MR) is 112 cm³/mol. The fourth-order valence-corrected chi connectivity index (χ4v) is 4.42. The summed E-state index contributed by atoms with van der Waals surface area (Å²) in [4.78, 5) is 25.3. The molecule has 0 bridgehead atoms. The molecule has 0 spiro atoms. The first-order valence-electron chi connectivity index (χ1n) is 11.0. The summed E-state index contributed by atoms with van der Waals surface area (Å²) in [7, 11) is 0. The molecular weight excluding hydrogens is 380 g/mol. The van der Waals surface area contributed by atoms with Crippen molar-refractivity contribution >= 4 is 5.91 Å². The Kier molecular flexibility index (Phi) is 5.64. The zero-order valence-electron chi connectivity index (χ0n) is 17.3. The zero-order valence-corrected chi connectivity index (χ0v) is 17.3. The van der Waals surface area contributed by atoms with Crippen molar-refractivity contribution in [1.82, 2.24) is 19.8 Å². The fraction of sp³-hybridized carbons (Fsp3) is 0.522. The Labute approximate surface area is 177 Å². The minimum Gasteiger partial charge on any atom is -0.454 e. The predicted octanol–water partition coefficient (Wildman–Crippen LogP) is 2.69. The summed E-state index contributed by atoms with van der Waals surface area (Å²) >= 11 is 0. The molecule has 1 aliphatic carbocycles. The topological polar surface area (TPSA) is 67.8 Å². The Morgan fingerprint density at radius 2 is 1.70 bits per heavy atom. The molecule has 0 radical (unpaired) electrons. The van der Waals surface area contributed by atoms with Gasteiger partial charge in [-0.15, -0.1) is 0 Å². The molecule has 1 amide bonds. The summed E-state index contributed by atoms with van der Waals surface area (Å²) in [5.74, 6) is 1.37. The van der Waals surface area contributed by atoms with Crippen molar-refractivity contribution in [1.29, 1.82) is 0 Å². The fourth-order valence-electron chi connectivity index (χ4n) is 4.42. The molecule has 1 saturated heterocycles. The minimum absolute atomic E-state index is 0.161. The van der Waals surface area contributed by atoms with E-state index in [1.54, 1.807) is 17.3 Å². The van der Waals surface area contributed by atoms with E-state index in [4.69, 9.17) is 9.47 Å². The lowest BCUT2D eigenvalue weighted by atomic mass is 9.91. The first-order valence-corrected chi connectivity index (χ1v) is 11.0. The van der Waals surface area contributed by atoms with Crippen LogP contribution in [0.15, 0.2) is 30.6 Å². The number of fused-ring (bicyclic) bond motifs is 1. The average Bonchev–Trinajstić information content (AvgIpc) is 2.96. The van der Waals surface area contributed by atoms with Crippen LogP contribution in [-0.4, -0.2) is 71.1 Å². The van der Waals surface area contributed by atoms with Gasteiger partial charge in [0, 0.05) is 32.2 Å². The van der Waals surface area contributed by atoms with E-state index in [-0.39, 0.29) is 11.7 Å². The monoisotopic (exact) mass is 408 g/mol. The molecule has 7 nitrogen and oxygen atoms in total. The van der Waals surface area contributed by atoms with E-state index in [9.17, 15) is 4.79 Å². The quantitative estimate of drug-likeness (QED) is 0.775. The summed E-state index contributed by atoms with van der Waals surface area (Å²) in [5, 5.41) is 0. The smallest absolute Gasteiger partial charge is 0.291 e. The molecule has 3 aliphatic rings. The Bertz CT molecular complexity index is 892. The van der Waals surface area contributed by atoms with Gasteiger partial charge in [0.1, 0.15) is 5.75 Å². The zero-order chi connectivity index (χ0) is 20.3. The maximum atomic E-state index is 12.5. The van der Waals surface area contributed by atoms with E-state index >= 15 is 0 Å². The van der Waals surface area contributed by atoms with Crippen molar-refractivity contribution in [2.24, 2.45) is 0 Å². The van der Waals surface area contributed by atoms with E-state index in [2.05, 4.69) is 27.0 Å². The molecule has 1 saturated carbocycles. The number of carbonyl (C=O) groups excluding carboxylic acids is 1. The van der Waals surface area contributed by atoms with Crippen molar-refractivity contribution in [3.05, 3.63) is 47.5 Å². The van der Waals surface area contributed by atoms with Crippen LogP contribution in [0.1, 0.15) is 41.0 Å². The van der Waals surface area contributed by atoms with Crippen LogP contribution in [0.4, 0.5) is 0 Å². The standard InChI is InChI=1S/C23H28N4O3/c28-23(27-10-12-29-13-11-27)22-24-15-21(16-25-22)30-20-5-4-17-6-8-26(19-2-1-3-19)9-7-18(17)14-20/h4-5,14-16,19H,1-3,6-13H2. The number of ether oxygens (including phenoxy) is 2. The normalized spacial score (nSPS) is 20.2. The highest BCUT2D eigenvalue weighted by molar-refractivity contribution is 5.90. The van der Waals surface area contributed by atoms with Gasteiger partial charge >= 0.3 is 0 Å². The molecule has 2 aromatic rings. The summed E-state index contributed by atoms with van der Waals surface area (Å²) in [6.45, 7) is 4.56. The van der Waals surface area contributed by atoms with Gasteiger partial charge in [0.25, 0.3) is 5.91 Å². The third kappa shape index (κ3) is 4.18. The number of morpholine rings is 1. The highest BCUT2D eigenvalue weighted by atomic mass is 16.5. The third-order valence-electron chi connectivity index (χ3n) is 6.46. The highest BCUT2D eigenvalue weighted by Gasteiger charge is 2.26. The van der Waals surface area contributed by atoms with Crippen molar-refractivity contribution in [2.75, 3.05) is 39.4 Å². The number of amides is 1. The lowest BCUT2D eigenvalue weighted by Gasteiger charge is -2.36. The molecule has 2 aliphatic heterocycles. The third-order valence-corrected chi connectivity index (χ3v) is 6.46. The van der Waals surface area contributed by atoms with Gasteiger partial charge in [0.2, 0.25) is 5.82 Å². The van der Waals surface area contributed by atoms with Gasteiger partial charge in [0.15, 0.2) is 5.75 Å². The second-order valence-electron chi connectivity index (χ2n) is 8.30. The van der Waals surface area contributed by atoms with Crippen LogP contribution in [0.25, 0.3) is 0 Å². The first-order chi connectivity index (χ1) is 14.8. The van der Waals surface area contributed by atoms with Crippen LogP contribution in [0.5, 0.6) is 11.5 Å². The molecular formula is C23H28N4O3. The molecule has 30 heavy (non-hydrogen) atoms. The van der Waals surface area contributed by atoms with Gasteiger partial charge < -0.3 is 14.4 Å². The Hall–Kier alpha value is -2.51. The largest absolute Gasteiger partial charge is 0.454 e. The first kappa shape index (κ1) is 19.5. The van der Waals surface area contributed by atoms with Crippen LogP contribution < -0.4 is 4.74 Å². The second kappa shape index (κ2) is 8.70. The molecule has 7 heteroatoms. The van der Waals surface area contributed by atoms with Gasteiger partial charge in [-0.25, -0.2) is 9.97 Å². The molecule has 158 valence electrons. The molecule has 1 aromatic heterocycles. The lowest BCUT2D eigenvalue weighted by Crippen LogP contribution is -2.41. The number of carbonyl (C=O) groups is 1. The number of benzene rings is 1. The molecule has 0 unspecified atom stereocenters. The molecule has 5 rings (SSSR count). The maximum Gasteiger partial charge on any atom is 0.291 e. The van der Waals surface area contributed by atoms with Crippen LogP contribution >= 0.6 is 0 Å². The average molecular weight is 409 g/mol.